The topological polar surface area (TPSA) is 67.5 Å². The second-order valence-corrected chi connectivity index (χ2v) is 4.39. The Morgan fingerprint density at radius 1 is 1.45 bits per heavy atom. The van der Waals surface area contributed by atoms with Gasteiger partial charge in [-0.15, -0.1) is 0 Å². The molecule has 6 heteroatoms. The lowest BCUT2D eigenvalue weighted by atomic mass is 10.3. The fourth-order valence-electron chi connectivity index (χ4n) is 1.64. The van der Waals surface area contributed by atoms with Crippen LogP contribution in [-0.4, -0.2) is 29.3 Å². The van der Waals surface area contributed by atoms with Crippen LogP contribution in [0.2, 0.25) is 0 Å². The van der Waals surface area contributed by atoms with Gasteiger partial charge in [0.15, 0.2) is 11.6 Å². The highest BCUT2D eigenvalue weighted by Gasteiger charge is 2.08. The molecule has 2 aromatic rings. The lowest BCUT2D eigenvalue weighted by molar-refractivity contribution is 0.103. The first-order valence-corrected chi connectivity index (χ1v) is 6.32. The molecular weight excluding hydrogens is 263 g/mol. The van der Waals surface area contributed by atoms with Gasteiger partial charge in [0.1, 0.15) is 18.5 Å². The highest BCUT2D eigenvalue weighted by Crippen LogP contribution is 2.15. The summed E-state index contributed by atoms with van der Waals surface area (Å²) in [5.41, 5.74) is 0. The van der Waals surface area contributed by atoms with Gasteiger partial charge in [-0.05, 0) is 19.1 Å². The lowest BCUT2D eigenvalue weighted by Gasteiger charge is -2.13. The molecule has 1 heterocycles. The minimum atomic E-state index is -0.745. The number of aliphatic hydroxyl groups excluding tert-OH is 1. The second-order valence-electron chi connectivity index (χ2n) is 4.39. The highest BCUT2D eigenvalue weighted by molar-refractivity contribution is 5.23. The summed E-state index contributed by atoms with van der Waals surface area (Å²) in [4.78, 5) is 4.03. The second kappa shape index (κ2) is 7.02. The van der Waals surface area contributed by atoms with E-state index in [-0.39, 0.29) is 12.4 Å². The molecule has 2 N–H and O–H groups in total. The first-order chi connectivity index (χ1) is 9.65. The predicted octanol–water partition coefficient (Wildman–Crippen LogP) is 1.65. The molecule has 2 rings (SSSR count). The van der Waals surface area contributed by atoms with Gasteiger partial charge in [0.2, 0.25) is 5.89 Å². The lowest BCUT2D eigenvalue weighted by Crippen LogP contribution is -2.31. The van der Waals surface area contributed by atoms with E-state index < -0.39 is 11.9 Å². The summed E-state index contributed by atoms with van der Waals surface area (Å²) in [7, 11) is 0. The Bertz CT molecular complexity index is 545. The van der Waals surface area contributed by atoms with Crippen molar-refractivity contribution < 1.29 is 18.7 Å². The van der Waals surface area contributed by atoms with E-state index >= 15 is 0 Å². The van der Waals surface area contributed by atoms with E-state index in [1.807, 2.05) is 6.92 Å². The molecule has 1 atom stereocenters. The molecule has 0 saturated carbocycles. The summed E-state index contributed by atoms with van der Waals surface area (Å²) < 4.78 is 23.7. The maximum atomic E-state index is 13.3. The Morgan fingerprint density at radius 3 is 2.95 bits per heavy atom. The maximum absolute atomic E-state index is 13.3. The largest absolute Gasteiger partial charge is 0.488 e. The van der Waals surface area contributed by atoms with Crippen LogP contribution in [0.1, 0.15) is 11.7 Å². The molecule has 0 bridgehead atoms. The zero-order valence-corrected chi connectivity index (χ0v) is 11.2. The maximum Gasteiger partial charge on any atom is 0.208 e. The number of para-hydroxylation sites is 1. The summed E-state index contributed by atoms with van der Waals surface area (Å²) in [5, 5.41) is 12.7. The number of oxazole rings is 1. The monoisotopic (exact) mass is 280 g/mol. The number of ether oxygens (including phenoxy) is 1. The van der Waals surface area contributed by atoms with Crippen molar-refractivity contribution in [1.82, 2.24) is 10.3 Å². The number of nitrogens with one attached hydrogen (secondary N) is 1. The molecule has 1 aromatic heterocycles. The van der Waals surface area contributed by atoms with Crippen LogP contribution in [0.25, 0.3) is 0 Å². The average Bonchev–Trinajstić information content (AvgIpc) is 2.83. The van der Waals surface area contributed by atoms with Gasteiger partial charge in [0.05, 0.1) is 12.7 Å². The Hall–Kier alpha value is -1.92. The predicted molar refractivity (Wildman–Crippen MR) is 70.8 cm³/mol. The van der Waals surface area contributed by atoms with Crippen LogP contribution in [-0.2, 0) is 6.54 Å². The van der Waals surface area contributed by atoms with Gasteiger partial charge in [0, 0.05) is 6.54 Å². The van der Waals surface area contributed by atoms with Crippen LogP contribution in [0.5, 0.6) is 5.75 Å². The van der Waals surface area contributed by atoms with E-state index in [0.29, 0.717) is 19.0 Å². The third-order valence-corrected chi connectivity index (χ3v) is 2.59. The first kappa shape index (κ1) is 14.5. The van der Waals surface area contributed by atoms with Crippen molar-refractivity contribution in [3.63, 3.8) is 0 Å². The molecule has 0 saturated heterocycles. The van der Waals surface area contributed by atoms with Crippen molar-refractivity contribution >= 4 is 0 Å². The van der Waals surface area contributed by atoms with Crippen LogP contribution >= 0.6 is 0 Å². The first-order valence-electron chi connectivity index (χ1n) is 6.32. The number of aryl methyl sites for hydroxylation is 1. The average molecular weight is 280 g/mol. The van der Waals surface area contributed by atoms with Gasteiger partial charge in [-0.25, -0.2) is 9.37 Å². The summed E-state index contributed by atoms with van der Waals surface area (Å²) in [6.45, 7) is 2.55. The summed E-state index contributed by atoms with van der Waals surface area (Å²) >= 11 is 0. The quantitative estimate of drug-likeness (QED) is 0.807. The van der Waals surface area contributed by atoms with Crippen molar-refractivity contribution in [3.8, 4) is 5.75 Å². The van der Waals surface area contributed by atoms with Gasteiger partial charge < -0.3 is 19.6 Å². The van der Waals surface area contributed by atoms with Gasteiger partial charge in [-0.2, -0.15) is 0 Å². The molecule has 0 aliphatic rings. The molecule has 1 unspecified atom stereocenters. The van der Waals surface area contributed by atoms with E-state index in [1.165, 1.54) is 12.1 Å². The van der Waals surface area contributed by atoms with E-state index in [2.05, 4.69) is 10.3 Å². The highest BCUT2D eigenvalue weighted by atomic mass is 19.1. The minimum absolute atomic E-state index is 0.0124. The number of aliphatic hydroxyl groups is 1. The number of halogens is 1. The smallest absolute Gasteiger partial charge is 0.208 e. The molecule has 0 spiro atoms. The Labute approximate surface area is 116 Å². The van der Waals surface area contributed by atoms with Crippen LogP contribution in [0, 0.1) is 12.7 Å². The number of rotatable bonds is 7. The third kappa shape index (κ3) is 4.32. The van der Waals surface area contributed by atoms with Gasteiger partial charge in [0.25, 0.3) is 0 Å². The molecule has 0 amide bonds. The Kier molecular flexibility index (Phi) is 5.09. The Morgan fingerprint density at radius 2 is 2.25 bits per heavy atom. The van der Waals surface area contributed by atoms with Crippen LogP contribution in [0.15, 0.2) is 34.9 Å². The Balaban J connectivity index is 1.68. The zero-order valence-electron chi connectivity index (χ0n) is 11.2. The standard InChI is InChI=1S/C14H17FN2O3/c1-10-6-17-14(20-10)8-16-7-11(18)9-19-13-5-3-2-4-12(13)15/h2-6,11,16,18H,7-9H2,1H3. The SMILES string of the molecule is Cc1cnc(CNCC(O)COc2ccccc2F)o1. The number of aromatic nitrogens is 1. The molecular formula is C14H17FN2O3. The van der Waals surface area contributed by atoms with Crippen molar-refractivity contribution in [1.29, 1.82) is 0 Å². The van der Waals surface area contributed by atoms with Crippen molar-refractivity contribution in [3.05, 3.63) is 47.9 Å². The van der Waals surface area contributed by atoms with Gasteiger partial charge in [-0.3, -0.25) is 0 Å². The summed E-state index contributed by atoms with van der Waals surface area (Å²) in [6, 6.07) is 6.09. The fourth-order valence-corrected chi connectivity index (χ4v) is 1.64. The number of nitrogens with zero attached hydrogens (tertiary/aromatic N) is 1. The van der Waals surface area contributed by atoms with Crippen molar-refractivity contribution in [2.24, 2.45) is 0 Å². The van der Waals surface area contributed by atoms with E-state index in [4.69, 9.17) is 9.15 Å². The summed E-state index contributed by atoms with van der Waals surface area (Å²) in [5.74, 6) is 0.993. The van der Waals surface area contributed by atoms with Gasteiger partial charge >= 0.3 is 0 Å². The molecule has 0 fully saturated rings. The van der Waals surface area contributed by atoms with Crippen molar-refractivity contribution in [2.75, 3.05) is 13.2 Å². The van der Waals surface area contributed by atoms with E-state index in [1.54, 1.807) is 18.3 Å². The van der Waals surface area contributed by atoms with Gasteiger partial charge in [-0.1, -0.05) is 12.1 Å². The molecule has 5 nitrogen and oxygen atoms in total. The molecule has 0 aliphatic heterocycles. The van der Waals surface area contributed by atoms with Crippen LogP contribution in [0.3, 0.4) is 0 Å². The number of benzene rings is 1. The molecule has 108 valence electrons. The van der Waals surface area contributed by atoms with E-state index in [9.17, 15) is 9.50 Å². The summed E-state index contributed by atoms with van der Waals surface area (Å²) in [6.07, 6.45) is 0.889. The van der Waals surface area contributed by atoms with Crippen molar-refractivity contribution in [2.45, 2.75) is 19.6 Å². The fraction of sp³-hybridized carbons (Fsp3) is 0.357. The number of hydrogen-bond donors (Lipinski definition) is 2. The minimum Gasteiger partial charge on any atom is -0.488 e. The van der Waals surface area contributed by atoms with E-state index in [0.717, 1.165) is 5.76 Å². The molecule has 0 radical (unpaired) electrons. The molecule has 1 aromatic carbocycles. The molecule has 0 aliphatic carbocycles. The normalized spacial score (nSPS) is 12.3. The molecule has 20 heavy (non-hydrogen) atoms. The number of hydrogen-bond acceptors (Lipinski definition) is 5. The zero-order chi connectivity index (χ0) is 14.4. The van der Waals surface area contributed by atoms with Crippen LogP contribution < -0.4 is 10.1 Å². The third-order valence-electron chi connectivity index (χ3n) is 2.59. The van der Waals surface area contributed by atoms with Crippen LogP contribution in [0.4, 0.5) is 4.39 Å².